The molecular weight excluding hydrogens is 358 g/mol. The van der Waals surface area contributed by atoms with E-state index in [2.05, 4.69) is 34.0 Å². The van der Waals surface area contributed by atoms with Gasteiger partial charge in [0, 0.05) is 44.1 Å². The number of carbonyl (C=O) groups is 1. The fourth-order valence-electron chi connectivity index (χ4n) is 4.56. The second kappa shape index (κ2) is 7.86. The zero-order valence-electron chi connectivity index (χ0n) is 16.3. The van der Waals surface area contributed by atoms with Crippen LogP contribution in [0.5, 0.6) is 0 Å². The van der Waals surface area contributed by atoms with E-state index in [1.165, 1.54) is 4.70 Å². The SMILES string of the molecule is CCOCC1CC2(CN(C(=O)CCCc3nc4ccccc4s3)C2)CN1C. The van der Waals surface area contributed by atoms with E-state index in [9.17, 15) is 4.79 Å². The molecule has 4 rings (SSSR count). The van der Waals surface area contributed by atoms with Crippen LogP contribution >= 0.6 is 11.3 Å². The summed E-state index contributed by atoms with van der Waals surface area (Å²) in [6, 6.07) is 8.73. The van der Waals surface area contributed by atoms with Crippen LogP contribution in [0.1, 0.15) is 31.2 Å². The van der Waals surface area contributed by atoms with Crippen LogP contribution in [-0.4, -0.2) is 66.6 Å². The third-order valence-corrected chi connectivity index (χ3v) is 7.01. The van der Waals surface area contributed by atoms with Crippen LogP contribution in [0.3, 0.4) is 0 Å². The Labute approximate surface area is 165 Å². The van der Waals surface area contributed by atoms with Crippen molar-refractivity contribution < 1.29 is 9.53 Å². The molecule has 1 amide bonds. The van der Waals surface area contributed by atoms with Gasteiger partial charge in [-0.15, -0.1) is 11.3 Å². The number of para-hydroxylation sites is 1. The zero-order valence-corrected chi connectivity index (χ0v) is 17.1. The summed E-state index contributed by atoms with van der Waals surface area (Å²) in [5, 5.41) is 1.14. The highest BCUT2D eigenvalue weighted by atomic mass is 32.1. The molecule has 0 radical (unpaired) electrons. The lowest BCUT2D eigenvalue weighted by atomic mass is 9.77. The predicted molar refractivity (Wildman–Crippen MR) is 109 cm³/mol. The van der Waals surface area contributed by atoms with Gasteiger partial charge in [0.2, 0.25) is 5.91 Å². The Morgan fingerprint density at radius 1 is 1.33 bits per heavy atom. The second-order valence-corrected chi connectivity index (χ2v) is 9.23. The van der Waals surface area contributed by atoms with Crippen molar-refractivity contribution >= 4 is 27.5 Å². The van der Waals surface area contributed by atoms with Crippen molar-refractivity contribution in [1.82, 2.24) is 14.8 Å². The highest BCUT2D eigenvalue weighted by Gasteiger charge is 2.51. The van der Waals surface area contributed by atoms with E-state index >= 15 is 0 Å². The lowest BCUT2D eigenvalue weighted by Crippen LogP contribution is -2.59. The lowest BCUT2D eigenvalue weighted by molar-refractivity contribution is -0.142. The minimum Gasteiger partial charge on any atom is -0.380 e. The van der Waals surface area contributed by atoms with Crippen LogP contribution in [0.4, 0.5) is 0 Å². The van der Waals surface area contributed by atoms with Gasteiger partial charge in [-0.2, -0.15) is 0 Å². The molecule has 3 heterocycles. The Hall–Kier alpha value is -1.50. The molecule has 1 aromatic heterocycles. The molecule has 2 saturated heterocycles. The molecule has 0 saturated carbocycles. The van der Waals surface area contributed by atoms with Crippen molar-refractivity contribution in [2.75, 3.05) is 39.9 Å². The Bertz CT molecular complexity index is 767. The number of carbonyl (C=O) groups excluding carboxylic acids is 1. The van der Waals surface area contributed by atoms with Crippen LogP contribution in [0.2, 0.25) is 0 Å². The number of hydrogen-bond donors (Lipinski definition) is 0. The summed E-state index contributed by atoms with van der Waals surface area (Å²) in [4.78, 5) is 21.7. The molecule has 0 N–H and O–H groups in total. The molecular formula is C21H29N3O2S. The molecule has 27 heavy (non-hydrogen) atoms. The molecule has 0 aliphatic carbocycles. The molecule has 2 aliphatic heterocycles. The minimum atomic E-state index is 0.303. The highest BCUT2D eigenvalue weighted by Crippen LogP contribution is 2.42. The summed E-state index contributed by atoms with van der Waals surface area (Å²) >= 11 is 1.75. The van der Waals surface area contributed by atoms with Crippen LogP contribution in [-0.2, 0) is 16.0 Å². The van der Waals surface area contributed by atoms with Crippen molar-refractivity contribution in [3.05, 3.63) is 29.3 Å². The number of ether oxygens (including phenoxy) is 1. The number of rotatable bonds is 7. The summed E-state index contributed by atoms with van der Waals surface area (Å²) in [6.07, 6.45) is 3.56. The maximum atomic E-state index is 12.5. The van der Waals surface area contributed by atoms with Gasteiger partial charge in [-0.05, 0) is 45.4 Å². The van der Waals surface area contributed by atoms with Gasteiger partial charge < -0.3 is 14.5 Å². The van der Waals surface area contributed by atoms with Gasteiger partial charge >= 0.3 is 0 Å². The quantitative estimate of drug-likeness (QED) is 0.732. The largest absolute Gasteiger partial charge is 0.380 e. The van der Waals surface area contributed by atoms with Crippen molar-refractivity contribution in [3.8, 4) is 0 Å². The van der Waals surface area contributed by atoms with Crippen LogP contribution in [0.15, 0.2) is 24.3 Å². The number of fused-ring (bicyclic) bond motifs is 1. The molecule has 1 unspecified atom stereocenters. The minimum absolute atomic E-state index is 0.303. The van der Waals surface area contributed by atoms with E-state index < -0.39 is 0 Å². The fourth-order valence-corrected chi connectivity index (χ4v) is 5.57. The van der Waals surface area contributed by atoms with Crippen molar-refractivity contribution in [1.29, 1.82) is 0 Å². The Morgan fingerprint density at radius 2 is 2.15 bits per heavy atom. The summed E-state index contributed by atoms with van der Waals surface area (Å²) in [5.74, 6) is 0.303. The van der Waals surface area contributed by atoms with Gasteiger partial charge in [-0.1, -0.05) is 12.1 Å². The number of hydrogen-bond acceptors (Lipinski definition) is 5. The Kier molecular flexibility index (Phi) is 5.48. The summed E-state index contributed by atoms with van der Waals surface area (Å²) in [7, 11) is 2.18. The van der Waals surface area contributed by atoms with Gasteiger partial charge in [-0.25, -0.2) is 4.98 Å². The molecule has 0 bridgehead atoms. The average Bonchev–Trinajstić information content (AvgIpc) is 3.19. The predicted octanol–water partition coefficient (Wildman–Crippen LogP) is 3.19. The first-order chi connectivity index (χ1) is 13.1. The molecule has 2 aromatic rings. The fraction of sp³-hybridized carbons (Fsp3) is 0.619. The second-order valence-electron chi connectivity index (χ2n) is 8.11. The van der Waals surface area contributed by atoms with Crippen LogP contribution < -0.4 is 0 Å². The van der Waals surface area contributed by atoms with Crippen molar-refractivity contribution in [2.45, 2.75) is 38.6 Å². The van der Waals surface area contributed by atoms with E-state index in [0.29, 0.717) is 23.8 Å². The first-order valence-corrected chi connectivity index (χ1v) is 10.8. The maximum absolute atomic E-state index is 12.5. The lowest BCUT2D eigenvalue weighted by Gasteiger charge is -2.48. The van der Waals surface area contributed by atoms with Crippen LogP contribution in [0.25, 0.3) is 10.2 Å². The third kappa shape index (κ3) is 4.03. The van der Waals surface area contributed by atoms with E-state index in [4.69, 9.17) is 4.74 Å². The third-order valence-electron chi connectivity index (χ3n) is 5.92. The maximum Gasteiger partial charge on any atom is 0.222 e. The number of aryl methyl sites for hydroxylation is 1. The molecule has 1 aromatic carbocycles. The Balaban J connectivity index is 1.21. The van der Waals surface area contributed by atoms with Gasteiger partial charge in [0.05, 0.1) is 21.8 Å². The number of likely N-dealkylation sites (tertiary alicyclic amines) is 2. The van der Waals surface area contributed by atoms with E-state index in [-0.39, 0.29) is 0 Å². The number of nitrogens with zero attached hydrogens (tertiary/aromatic N) is 3. The average molecular weight is 388 g/mol. The smallest absolute Gasteiger partial charge is 0.222 e. The monoisotopic (exact) mass is 387 g/mol. The van der Waals surface area contributed by atoms with Gasteiger partial charge in [0.15, 0.2) is 0 Å². The molecule has 2 aliphatic rings. The molecule has 6 heteroatoms. The molecule has 5 nitrogen and oxygen atoms in total. The molecule has 146 valence electrons. The standard InChI is InChI=1S/C21H29N3O2S/c1-3-26-12-16-11-21(13-23(16)2)14-24(15-21)20(25)10-6-9-19-22-17-7-4-5-8-18(17)27-19/h4-5,7-8,16H,3,6,9-15H2,1-2H3. The first kappa shape index (κ1) is 18.8. The van der Waals surface area contributed by atoms with E-state index in [1.807, 2.05) is 19.1 Å². The van der Waals surface area contributed by atoms with Crippen molar-refractivity contribution in [3.63, 3.8) is 0 Å². The van der Waals surface area contributed by atoms with Crippen LogP contribution in [0, 0.1) is 5.41 Å². The van der Waals surface area contributed by atoms with E-state index in [0.717, 1.165) is 62.6 Å². The Morgan fingerprint density at radius 3 is 2.93 bits per heavy atom. The number of aromatic nitrogens is 1. The normalized spacial score (nSPS) is 21.9. The van der Waals surface area contributed by atoms with Gasteiger partial charge in [0.25, 0.3) is 0 Å². The first-order valence-electron chi connectivity index (χ1n) is 9.99. The molecule has 1 spiro atoms. The highest BCUT2D eigenvalue weighted by molar-refractivity contribution is 7.18. The number of amides is 1. The number of benzene rings is 1. The molecule has 2 fully saturated rings. The zero-order chi connectivity index (χ0) is 18.9. The van der Waals surface area contributed by atoms with E-state index in [1.54, 1.807) is 11.3 Å². The summed E-state index contributed by atoms with van der Waals surface area (Å²) in [5.41, 5.74) is 1.37. The number of thiazole rings is 1. The topological polar surface area (TPSA) is 45.7 Å². The van der Waals surface area contributed by atoms with Crippen molar-refractivity contribution in [2.24, 2.45) is 5.41 Å². The summed E-state index contributed by atoms with van der Waals surface area (Å²) in [6.45, 7) is 6.55. The summed E-state index contributed by atoms with van der Waals surface area (Å²) < 4.78 is 6.85. The van der Waals surface area contributed by atoms with Gasteiger partial charge in [0.1, 0.15) is 0 Å². The number of likely N-dealkylation sites (N-methyl/N-ethyl adjacent to an activating group) is 1. The molecule has 1 atom stereocenters. The van der Waals surface area contributed by atoms with Gasteiger partial charge in [-0.3, -0.25) is 4.79 Å².